The summed E-state index contributed by atoms with van der Waals surface area (Å²) in [6.45, 7) is 3.24. The Morgan fingerprint density at radius 2 is 1.79 bits per heavy atom. The number of benzene rings is 2. The lowest BCUT2D eigenvalue weighted by atomic mass is 10.1. The second-order valence-corrected chi connectivity index (χ2v) is 5.99. The van der Waals surface area contributed by atoms with Crippen LogP contribution in [0.15, 0.2) is 53.7 Å². The monoisotopic (exact) mass is 341 g/mol. The van der Waals surface area contributed by atoms with Crippen molar-refractivity contribution in [2.75, 3.05) is 0 Å². The molecule has 1 N–H and O–H groups in total. The molecule has 5 heteroatoms. The molecule has 24 heavy (non-hydrogen) atoms. The van der Waals surface area contributed by atoms with E-state index in [0.29, 0.717) is 10.6 Å². The summed E-state index contributed by atoms with van der Waals surface area (Å²) in [6.07, 6.45) is 1.43. The smallest absolute Gasteiger partial charge is 0.365 e. The lowest BCUT2D eigenvalue weighted by Gasteiger charge is -2.05. The second kappa shape index (κ2) is 7.78. The summed E-state index contributed by atoms with van der Waals surface area (Å²) in [5.74, 6) is 5.04. The van der Waals surface area contributed by atoms with Gasteiger partial charge in [0, 0.05) is 10.6 Å². The average molecular weight is 342 g/mol. The van der Waals surface area contributed by atoms with Gasteiger partial charge in [-0.05, 0) is 55.8 Å². The van der Waals surface area contributed by atoms with E-state index in [1.54, 1.807) is 62.4 Å². The number of halogens is 1. The normalized spacial score (nSPS) is 11.0. The molecule has 2 aromatic carbocycles. The molecule has 0 aliphatic rings. The number of aliphatic hydroxyl groups is 1. The molecule has 0 atom stereocenters. The molecule has 0 aliphatic heterocycles. The van der Waals surface area contributed by atoms with Crippen molar-refractivity contribution < 1.29 is 14.7 Å². The van der Waals surface area contributed by atoms with E-state index in [0.717, 1.165) is 11.1 Å². The van der Waals surface area contributed by atoms with Gasteiger partial charge < -0.3 is 9.94 Å². The van der Waals surface area contributed by atoms with Gasteiger partial charge in [-0.2, -0.15) is 0 Å². The van der Waals surface area contributed by atoms with Crippen LogP contribution < -0.4 is 0 Å². The van der Waals surface area contributed by atoms with E-state index >= 15 is 0 Å². The predicted molar refractivity (Wildman–Crippen MR) is 94.1 cm³/mol. The summed E-state index contributed by atoms with van der Waals surface area (Å²) in [5.41, 5.74) is 0.865. The van der Waals surface area contributed by atoms with E-state index in [1.807, 2.05) is 0 Å². The minimum absolute atomic E-state index is 0.369. The molecule has 0 bridgehead atoms. The van der Waals surface area contributed by atoms with Gasteiger partial charge in [-0.15, -0.1) is 0 Å². The third-order valence-corrected chi connectivity index (χ3v) is 3.09. The molecular formula is C19H16ClNO3. The number of oxime groups is 1. The molecule has 0 unspecified atom stereocenters. The SMILES string of the molecule is CC(C)(O)C#Cc1ccc(C=NOC(=O)c2ccc(Cl)cc2)cc1. The highest BCUT2D eigenvalue weighted by Crippen LogP contribution is 2.10. The van der Waals surface area contributed by atoms with Gasteiger partial charge in [-0.25, -0.2) is 4.79 Å². The lowest BCUT2D eigenvalue weighted by molar-refractivity contribution is 0.0519. The number of nitrogens with zero attached hydrogens (tertiary/aromatic N) is 1. The zero-order chi connectivity index (χ0) is 17.6. The fourth-order valence-electron chi connectivity index (χ4n) is 1.65. The van der Waals surface area contributed by atoms with Crippen LogP contribution in [0.1, 0.15) is 35.3 Å². The van der Waals surface area contributed by atoms with Gasteiger partial charge in [0.25, 0.3) is 0 Å². The van der Waals surface area contributed by atoms with Gasteiger partial charge in [0.15, 0.2) is 0 Å². The van der Waals surface area contributed by atoms with Crippen LogP contribution in [0.3, 0.4) is 0 Å². The van der Waals surface area contributed by atoms with E-state index in [2.05, 4.69) is 17.0 Å². The van der Waals surface area contributed by atoms with Crippen molar-refractivity contribution in [1.82, 2.24) is 0 Å². The van der Waals surface area contributed by atoms with Crippen molar-refractivity contribution in [3.8, 4) is 11.8 Å². The van der Waals surface area contributed by atoms with Crippen LogP contribution in [0.2, 0.25) is 5.02 Å². The third-order valence-electron chi connectivity index (χ3n) is 2.84. The predicted octanol–water partition coefficient (Wildman–Crippen LogP) is 3.65. The largest absolute Gasteiger partial charge is 0.378 e. The number of carbonyl (C=O) groups is 1. The lowest BCUT2D eigenvalue weighted by Crippen LogP contribution is -2.14. The first-order valence-corrected chi connectivity index (χ1v) is 7.57. The Labute approximate surface area is 145 Å². The molecular weight excluding hydrogens is 326 g/mol. The zero-order valence-electron chi connectivity index (χ0n) is 13.3. The van der Waals surface area contributed by atoms with Gasteiger partial charge in [0.05, 0.1) is 11.8 Å². The van der Waals surface area contributed by atoms with Crippen molar-refractivity contribution in [2.24, 2.45) is 5.16 Å². The second-order valence-electron chi connectivity index (χ2n) is 5.55. The van der Waals surface area contributed by atoms with Crippen LogP contribution in [0.25, 0.3) is 0 Å². The number of rotatable bonds is 3. The van der Waals surface area contributed by atoms with Crippen molar-refractivity contribution >= 4 is 23.8 Å². The molecule has 0 aromatic heterocycles. The first-order valence-electron chi connectivity index (χ1n) is 7.19. The van der Waals surface area contributed by atoms with Gasteiger partial charge in [0.2, 0.25) is 0 Å². The van der Waals surface area contributed by atoms with Crippen LogP contribution in [-0.2, 0) is 4.84 Å². The fourth-order valence-corrected chi connectivity index (χ4v) is 1.78. The molecule has 4 nitrogen and oxygen atoms in total. The highest BCUT2D eigenvalue weighted by atomic mass is 35.5. The highest BCUT2D eigenvalue weighted by molar-refractivity contribution is 6.30. The van der Waals surface area contributed by atoms with Gasteiger partial charge in [-0.3, -0.25) is 0 Å². The Morgan fingerprint density at radius 1 is 1.17 bits per heavy atom. The molecule has 0 saturated heterocycles. The van der Waals surface area contributed by atoms with Gasteiger partial charge in [0.1, 0.15) is 5.60 Å². The molecule has 0 spiro atoms. The molecule has 0 fully saturated rings. The molecule has 0 radical (unpaired) electrons. The third kappa shape index (κ3) is 5.88. The van der Waals surface area contributed by atoms with E-state index in [1.165, 1.54) is 6.21 Å². The van der Waals surface area contributed by atoms with Crippen LogP contribution in [0.5, 0.6) is 0 Å². The maximum absolute atomic E-state index is 11.8. The fraction of sp³-hybridized carbons (Fsp3) is 0.158. The molecule has 2 rings (SSSR count). The summed E-state index contributed by atoms with van der Waals surface area (Å²) < 4.78 is 0. The first-order chi connectivity index (χ1) is 11.3. The summed E-state index contributed by atoms with van der Waals surface area (Å²) in [7, 11) is 0. The van der Waals surface area contributed by atoms with Crippen molar-refractivity contribution in [3.63, 3.8) is 0 Å². The van der Waals surface area contributed by atoms with Gasteiger partial charge >= 0.3 is 5.97 Å². The Bertz CT molecular complexity index is 792. The molecule has 0 heterocycles. The topological polar surface area (TPSA) is 58.9 Å². The summed E-state index contributed by atoms with van der Waals surface area (Å²) in [4.78, 5) is 16.6. The van der Waals surface area contributed by atoms with E-state index in [4.69, 9.17) is 16.4 Å². The molecule has 0 saturated carbocycles. The van der Waals surface area contributed by atoms with Gasteiger partial charge in [-0.1, -0.05) is 40.7 Å². The zero-order valence-corrected chi connectivity index (χ0v) is 14.0. The number of hydrogen-bond donors (Lipinski definition) is 1. The summed E-state index contributed by atoms with van der Waals surface area (Å²) in [6, 6.07) is 13.5. The van der Waals surface area contributed by atoms with E-state index < -0.39 is 11.6 Å². The first kappa shape index (κ1) is 17.7. The Hall–Kier alpha value is -2.61. The van der Waals surface area contributed by atoms with Crippen LogP contribution in [-0.4, -0.2) is 22.9 Å². The van der Waals surface area contributed by atoms with Crippen LogP contribution in [0, 0.1) is 11.8 Å². The average Bonchev–Trinajstić information content (AvgIpc) is 2.54. The minimum Gasteiger partial charge on any atom is -0.378 e. The molecule has 2 aromatic rings. The quantitative estimate of drug-likeness (QED) is 0.401. The van der Waals surface area contributed by atoms with Crippen molar-refractivity contribution in [3.05, 3.63) is 70.2 Å². The highest BCUT2D eigenvalue weighted by Gasteiger charge is 2.06. The number of hydrogen-bond acceptors (Lipinski definition) is 4. The van der Waals surface area contributed by atoms with Crippen LogP contribution in [0.4, 0.5) is 0 Å². The molecule has 0 aliphatic carbocycles. The standard InChI is InChI=1S/C19H16ClNO3/c1-19(2,23)12-11-14-3-5-15(6-4-14)13-21-24-18(22)16-7-9-17(20)10-8-16/h3-10,13,23H,1-2H3. The molecule has 0 amide bonds. The Morgan fingerprint density at radius 3 is 2.38 bits per heavy atom. The Balaban J connectivity index is 1.95. The molecule has 122 valence electrons. The number of carbonyl (C=O) groups excluding carboxylic acids is 1. The summed E-state index contributed by atoms with van der Waals surface area (Å²) in [5, 5.41) is 13.8. The Kier molecular flexibility index (Phi) is 5.75. The van der Waals surface area contributed by atoms with E-state index in [-0.39, 0.29) is 0 Å². The maximum atomic E-state index is 11.8. The minimum atomic E-state index is -1.03. The van der Waals surface area contributed by atoms with Crippen molar-refractivity contribution in [1.29, 1.82) is 0 Å². The summed E-state index contributed by atoms with van der Waals surface area (Å²) >= 11 is 5.76. The maximum Gasteiger partial charge on any atom is 0.365 e. The van der Waals surface area contributed by atoms with Crippen molar-refractivity contribution in [2.45, 2.75) is 19.4 Å². The van der Waals surface area contributed by atoms with Crippen LogP contribution >= 0.6 is 11.6 Å². The van der Waals surface area contributed by atoms with E-state index in [9.17, 15) is 9.90 Å².